The van der Waals surface area contributed by atoms with E-state index in [1.807, 2.05) is 6.07 Å². The van der Waals surface area contributed by atoms with Gasteiger partial charge in [0.1, 0.15) is 5.75 Å². The van der Waals surface area contributed by atoms with Gasteiger partial charge in [-0.25, -0.2) is 0 Å². The van der Waals surface area contributed by atoms with Gasteiger partial charge in [0.2, 0.25) is 0 Å². The monoisotopic (exact) mass is 325 g/mol. The molecule has 1 rings (SSSR count). The van der Waals surface area contributed by atoms with Gasteiger partial charge in [0.25, 0.3) is 0 Å². The Morgan fingerprint density at radius 1 is 1.39 bits per heavy atom. The van der Waals surface area contributed by atoms with Crippen LogP contribution in [0.5, 0.6) is 5.75 Å². The van der Waals surface area contributed by atoms with Crippen LogP contribution >= 0.6 is 15.9 Å². The van der Waals surface area contributed by atoms with Gasteiger partial charge in [0.15, 0.2) is 0 Å². The molecule has 2 N–H and O–H groups in total. The Balaban J connectivity index is 2.58. The molecule has 0 bridgehead atoms. The predicted octanol–water partition coefficient (Wildman–Crippen LogP) is 4.19. The van der Waals surface area contributed by atoms with Gasteiger partial charge in [-0.15, -0.1) is 0 Å². The number of rotatable bonds is 5. The molecule has 0 spiro atoms. The lowest BCUT2D eigenvalue weighted by Crippen LogP contribution is -2.11. The molecule has 0 unspecified atom stereocenters. The molecule has 2 nitrogen and oxygen atoms in total. The molecule has 0 aliphatic carbocycles. The van der Waals surface area contributed by atoms with Gasteiger partial charge < -0.3 is 10.5 Å². The summed E-state index contributed by atoms with van der Waals surface area (Å²) in [6, 6.07) is 5.11. The number of halogens is 4. The highest BCUT2D eigenvalue weighted by Crippen LogP contribution is 2.28. The SMILES string of the molecule is C[C@@H](N)c1ccc(Br)cc1OCCCC(F)(F)F. The van der Waals surface area contributed by atoms with Gasteiger partial charge in [-0.2, -0.15) is 13.2 Å². The lowest BCUT2D eigenvalue weighted by molar-refractivity contribution is -0.136. The topological polar surface area (TPSA) is 35.2 Å². The first-order chi connectivity index (χ1) is 8.29. The summed E-state index contributed by atoms with van der Waals surface area (Å²) in [6.07, 6.45) is -5.03. The Morgan fingerprint density at radius 2 is 2.06 bits per heavy atom. The summed E-state index contributed by atoms with van der Waals surface area (Å²) in [4.78, 5) is 0. The summed E-state index contributed by atoms with van der Waals surface area (Å²) in [5, 5.41) is 0. The van der Waals surface area contributed by atoms with Gasteiger partial charge in [-0.1, -0.05) is 22.0 Å². The lowest BCUT2D eigenvalue weighted by atomic mass is 10.1. The summed E-state index contributed by atoms with van der Waals surface area (Å²) in [7, 11) is 0. The third kappa shape index (κ3) is 5.27. The van der Waals surface area contributed by atoms with E-state index in [0.717, 1.165) is 10.0 Å². The van der Waals surface area contributed by atoms with Gasteiger partial charge in [-0.05, 0) is 25.5 Å². The summed E-state index contributed by atoms with van der Waals surface area (Å²) in [6.45, 7) is 1.82. The van der Waals surface area contributed by atoms with Crippen molar-refractivity contribution >= 4 is 15.9 Å². The fourth-order valence-electron chi connectivity index (χ4n) is 1.46. The molecule has 1 atom stereocenters. The van der Waals surface area contributed by atoms with Crippen LogP contribution in [0, 0.1) is 0 Å². The van der Waals surface area contributed by atoms with Crippen LogP contribution < -0.4 is 10.5 Å². The Hall–Kier alpha value is -0.750. The molecule has 0 saturated carbocycles. The molecule has 0 heterocycles. The van der Waals surface area contributed by atoms with Crippen LogP contribution in [-0.2, 0) is 0 Å². The van der Waals surface area contributed by atoms with Crippen LogP contribution in [0.3, 0.4) is 0 Å². The summed E-state index contributed by atoms with van der Waals surface area (Å²) in [5.41, 5.74) is 6.55. The van der Waals surface area contributed by atoms with E-state index in [2.05, 4.69) is 15.9 Å². The highest BCUT2D eigenvalue weighted by atomic mass is 79.9. The maximum atomic E-state index is 12.0. The maximum absolute atomic E-state index is 12.0. The maximum Gasteiger partial charge on any atom is 0.389 e. The Labute approximate surface area is 112 Å². The molecule has 0 aliphatic rings. The molecular weight excluding hydrogens is 311 g/mol. The number of alkyl halides is 3. The number of benzene rings is 1. The zero-order valence-electron chi connectivity index (χ0n) is 9.93. The zero-order chi connectivity index (χ0) is 13.8. The molecule has 1 aromatic carbocycles. The van der Waals surface area contributed by atoms with Crippen molar-refractivity contribution < 1.29 is 17.9 Å². The zero-order valence-corrected chi connectivity index (χ0v) is 11.5. The van der Waals surface area contributed by atoms with E-state index in [1.165, 1.54) is 0 Å². The smallest absolute Gasteiger partial charge is 0.389 e. The average molecular weight is 326 g/mol. The molecule has 0 saturated heterocycles. The normalized spacial score (nSPS) is 13.4. The fourth-order valence-corrected chi connectivity index (χ4v) is 1.80. The minimum absolute atomic E-state index is 0.0235. The van der Waals surface area contributed by atoms with Crippen LogP contribution in [0.15, 0.2) is 22.7 Å². The first kappa shape index (κ1) is 15.3. The van der Waals surface area contributed by atoms with E-state index in [9.17, 15) is 13.2 Å². The fraction of sp³-hybridized carbons (Fsp3) is 0.500. The summed E-state index contributed by atoms with van der Waals surface area (Å²) < 4.78 is 42.1. The van der Waals surface area contributed by atoms with Gasteiger partial charge in [-0.3, -0.25) is 0 Å². The van der Waals surface area contributed by atoms with Crippen molar-refractivity contribution in [3.8, 4) is 5.75 Å². The van der Waals surface area contributed by atoms with Crippen molar-refractivity contribution in [3.63, 3.8) is 0 Å². The Bertz CT molecular complexity index is 393. The highest BCUT2D eigenvalue weighted by Gasteiger charge is 2.26. The van der Waals surface area contributed by atoms with E-state index in [-0.39, 0.29) is 19.1 Å². The average Bonchev–Trinajstić information content (AvgIpc) is 2.22. The van der Waals surface area contributed by atoms with Crippen molar-refractivity contribution in [2.75, 3.05) is 6.61 Å². The van der Waals surface area contributed by atoms with Gasteiger partial charge >= 0.3 is 6.18 Å². The van der Waals surface area contributed by atoms with Crippen LogP contribution in [-0.4, -0.2) is 12.8 Å². The van der Waals surface area contributed by atoms with Crippen molar-refractivity contribution in [2.24, 2.45) is 5.73 Å². The van der Waals surface area contributed by atoms with Gasteiger partial charge in [0.05, 0.1) is 6.61 Å². The summed E-state index contributed by atoms with van der Waals surface area (Å²) in [5.74, 6) is 0.529. The van der Waals surface area contributed by atoms with Crippen molar-refractivity contribution in [1.29, 1.82) is 0 Å². The number of ether oxygens (including phenoxy) is 1. The molecule has 6 heteroatoms. The molecule has 18 heavy (non-hydrogen) atoms. The molecule has 0 aliphatic heterocycles. The predicted molar refractivity (Wildman–Crippen MR) is 67.5 cm³/mol. The number of hydrogen-bond donors (Lipinski definition) is 1. The first-order valence-corrected chi connectivity index (χ1v) is 6.33. The van der Waals surface area contributed by atoms with Crippen molar-refractivity contribution in [1.82, 2.24) is 0 Å². The van der Waals surface area contributed by atoms with Crippen molar-refractivity contribution in [3.05, 3.63) is 28.2 Å². The second-order valence-corrected chi connectivity index (χ2v) is 4.95. The molecule has 0 amide bonds. The van der Waals surface area contributed by atoms with Crippen LogP contribution in [0.2, 0.25) is 0 Å². The van der Waals surface area contributed by atoms with Crippen LogP contribution in [0.1, 0.15) is 31.4 Å². The third-order valence-corrected chi connectivity index (χ3v) is 2.82. The van der Waals surface area contributed by atoms with E-state index >= 15 is 0 Å². The van der Waals surface area contributed by atoms with Gasteiger partial charge in [0, 0.05) is 22.5 Å². The second-order valence-electron chi connectivity index (χ2n) is 4.04. The molecular formula is C12H15BrF3NO. The largest absolute Gasteiger partial charge is 0.493 e. The molecule has 102 valence electrons. The number of nitrogens with two attached hydrogens (primary N) is 1. The van der Waals surface area contributed by atoms with E-state index in [0.29, 0.717) is 5.75 Å². The Kier molecular flexibility index (Phi) is 5.47. The Morgan fingerprint density at radius 3 is 2.61 bits per heavy atom. The standard InChI is InChI=1S/C12H15BrF3NO/c1-8(17)10-4-3-9(13)7-11(10)18-6-2-5-12(14,15)16/h3-4,7-8H,2,5-6,17H2,1H3/t8-/m1/s1. The molecule has 0 aromatic heterocycles. The highest BCUT2D eigenvalue weighted by molar-refractivity contribution is 9.10. The van der Waals surface area contributed by atoms with Crippen LogP contribution in [0.4, 0.5) is 13.2 Å². The molecule has 1 aromatic rings. The lowest BCUT2D eigenvalue weighted by Gasteiger charge is -2.14. The van der Waals surface area contributed by atoms with E-state index in [1.54, 1.807) is 19.1 Å². The summed E-state index contributed by atoms with van der Waals surface area (Å²) >= 11 is 3.29. The van der Waals surface area contributed by atoms with E-state index < -0.39 is 12.6 Å². The minimum atomic E-state index is -4.13. The van der Waals surface area contributed by atoms with Crippen LogP contribution in [0.25, 0.3) is 0 Å². The van der Waals surface area contributed by atoms with Crippen molar-refractivity contribution in [2.45, 2.75) is 32.0 Å². The third-order valence-electron chi connectivity index (χ3n) is 2.33. The molecule has 0 fully saturated rings. The first-order valence-electron chi connectivity index (χ1n) is 5.54. The quantitative estimate of drug-likeness (QED) is 0.824. The second kappa shape index (κ2) is 6.43. The minimum Gasteiger partial charge on any atom is -0.493 e. The molecule has 0 radical (unpaired) electrons. The number of hydrogen-bond acceptors (Lipinski definition) is 2. The van der Waals surface area contributed by atoms with E-state index in [4.69, 9.17) is 10.5 Å².